The Morgan fingerprint density at radius 2 is 1.84 bits per heavy atom. The SMILES string of the molecule is CC1=NN(c2ccccc2)C(=S)C12CCC(=O)CC2. The number of thiocarbonyl (C=S) groups is 1. The van der Waals surface area contributed by atoms with E-state index in [-0.39, 0.29) is 5.41 Å². The lowest BCUT2D eigenvalue weighted by Crippen LogP contribution is -2.41. The van der Waals surface area contributed by atoms with Crippen LogP contribution in [0.3, 0.4) is 0 Å². The van der Waals surface area contributed by atoms with E-state index in [1.807, 2.05) is 42.3 Å². The Hall–Kier alpha value is -1.55. The van der Waals surface area contributed by atoms with Gasteiger partial charge in [-0.1, -0.05) is 30.4 Å². The van der Waals surface area contributed by atoms with Gasteiger partial charge in [0.25, 0.3) is 0 Å². The highest BCUT2D eigenvalue weighted by Gasteiger charge is 2.47. The molecule has 0 saturated heterocycles. The highest BCUT2D eigenvalue weighted by Crippen LogP contribution is 2.43. The van der Waals surface area contributed by atoms with Gasteiger partial charge in [0, 0.05) is 18.6 Å². The number of anilines is 1. The van der Waals surface area contributed by atoms with Gasteiger partial charge in [0.2, 0.25) is 0 Å². The maximum atomic E-state index is 11.5. The summed E-state index contributed by atoms with van der Waals surface area (Å²) in [6.07, 6.45) is 2.86. The van der Waals surface area contributed by atoms with Crippen LogP contribution in [0.4, 0.5) is 5.69 Å². The van der Waals surface area contributed by atoms with Gasteiger partial charge in [0.1, 0.15) is 10.8 Å². The summed E-state index contributed by atoms with van der Waals surface area (Å²) in [5.41, 5.74) is 1.88. The zero-order valence-corrected chi connectivity index (χ0v) is 11.7. The molecular formula is C15H16N2OS. The second-order valence-corrected chi connectivity index (χ2v) is 5.65. The van der Waals surface area contributed by atoms with Gasteiger partial charge in [0.05, 0.1) is 11.1 Å². The first-order valence-electron chi connectivity index (χ1n) is 6.60. The number of hydrogen-bond donors (Lipinski definition) is 0. The highest BCUT2D eigenvalue weighted by atomic mass is 32.1. The van der Waals surface area contributed by atoms with Crippen LogP contribution < -0.4 is 5.01 Å². The number of rotatable bonds is 1. The molecule has 1 aliphatic heterocycles. The molecule has 0 N–H and O–H groups in total. The second-order valence-electron chi connectivity index (χ2n) is 5.26. The maximum Gasteiger partial charge on any atom is 0.133 e. The van der Waals surface area contributed by atoms with Gasteiger partial charge < -0.3 is 0 Å². The summed E-state index contributed by atoms with van der Waals surface area (Å²) in [5, 5.41) is 6.50. The number of Topliss-reactive ketones (excluding diaryl/α,β-unsaturated/α-hetero) is 1. The monoisotopic (exact) mass is 272 g/mol. The van der Waals surface area contributed by atoms with Crippen LogP contribution in [0.15, 0.2) is 35.4 Å². The fourth-order valence-corrected chi connectivity index (χ4v) is 3.42. The molecule has 0 atom stereocenters. The molecule has 1 aromatic carbocycles. The molecule has 1 aromatic rings. The summed E-state index contributed by atoms with van der Waals surface area (Å²) in [5.74, 6) is 0.347. The van der Waals surface area contributed by atoms with E-state index in [1.54, 1.807) is 0 Å². The first kappa shape index (κ1) is 12.5. The molecule has 0 radical (unpaired) electrons. The van der Waals surface area contributed by atoms with Gasteiger partial charge in [-0.2, -0.15) is 5.10 Å². The topological polar surface area (TPSA) is 32.7 Å². The van der Waals surface area contributed by atoms with Crippen molar-refractivity contribution >= 4 is 34.4 Å². The molecule has 1 saturated carbocycles. The van der Waals surface area contributed by atoms with Crippen molar-refractivity contribution in [3.8, 4) is 0 Å². The zero-order valence-electron chi connectivity index (χ0n) is 10.9. The summed E-state index contributed by atoms with van der Waals surface area (Å²) >= 11 is 5.67. The van der Waals surface area contributed by atoms with Crippen LogP contribution in [-0.4, -0.2) is 16.5 Å². The Labute approximate surface area is 118 Å². The number of carbonyl (C=O) groups is 1. The lowest BCUT2D eigenvalue weighted by molar-refractivity contribution is -0.120. The summed E-state index contributed by atoms with van der Waals surface area (Å²) in [6.45, 7) is 2.03. The van der Waals surface area contributed by atoms with Gasteiger partial charge in [0.15, 0.2) is 0 Å². The van der Waals surface area contributed by atoms with Gasteiger partial charge in [-0.15, -0.1) is 0 Å². The normalized spacial score (nSPS) is 21.9. The van der Waals surface area contributed by atoms with E-state index in [0.29, 0.717) is 18.6 Å². The van der Waals surface area contributed by atoms with Gasteiger partial charge >= 0.3 is 0 Å². The zero-order chi connectivity index (χ0) is 13.5. The summed E-state index contributed by atoms with van der Waals surface area (Å²) < 4.78 is 0. The third-order valence-corrected chi connectivity index (χ3v) is 4.77. The molecule has 98 valence electrons. The average molecular weight is 272 g/mol. The molecule has 19 heavy (non-hydrogen) atoms. The minimum absolute atomic E-state index is 0.168. The van der Waals surface area contributed by atoms with Gasteiger partial charge in [-0.3, -0.25) is 4.79 Å². The van der Waals surface area contributed by atoms with Crippen molar-refractivity contribution < 1.29 is 4.79 Å². The molecule has 2 aliphatic rings. The van der Waals surface area contributed by atoms with Crippen LogP contribution in [-0.2, 0) is 4.79 Å². The average Bonchev–Trinajstić information content (AvgIpc) is 2.68. The standard InChI is InChI=1S/C15H16N2OS/c1-11-15(9-7-13(18)8-10-15)14(19)17(16-11)12-5-3-2-4-6-12/h2-6H,7-10H2,1H3. The van der Waals surface area contributed by atoms with Crippen LogP contribution in [0.1, 0.15) is 32.6 Å². The fourth-order valence-electron chi connectivity index (χ4n) is 2.92. The third kappa shape index (κ3) is 1.91. The smallest absolute Gasteiger partial charge is 0.133 e. The van der Waals surface area contributed by atoms with E-state index in [2.05, 4.69) is 5.10 Å². The van der Waals surface area contributed by atoms with Crippen molar-refractivity contribution in [3.63, 3.8) is 0 Å². The molecule has 0 aromatic heterocycles. The molecule has 1 spiro atoms. The Balaban J connectivity index is 1.94. The number of benzene rings is 1. The lowest BCUT2D eigenvalue weighted by Gasteiger charge is -2.33. The van der Waals surface area contributed by atoms with E-state index in [4.69, 9.17) is 12.2 Å². The molecule has 1 heterocycles. The molecule has 3 nitrogen and oxygen atoms in total. The van der Waals surface area contributed by atoms with Crippen LogP contribution in [0.25, 0.3) is 0 Å². The number of hydrazone groups is 1. The van der Waals surface area contributed by atoms with E-state index in [1.165, 1.54) is 0 Å². The van der Waals surface area contributed by atoms with E-state index >= 15 is 0 Å². The fraction of sp³-hybridized carbons (Fsp3) is 0.400. The van der Waals surface area contributed by atoms with Crippen molar-refractivity contribution in [2.24, 2.45) is 10.5 Å². The third-order valence-electron chi connectivity index (χ3n) is 4.21. The summed E-state index contributed by atoms with van der Waals surface area (Å²) in [6, 6.07) is 9.97. The van der Waals surface area contributed by atoms with Crippen molar-refractivity contribution in [1.29, 1.82) is 0 Å². The van der Waals surface area contributed by atoms with Crippen LogP contribution in [0.2, 0.25) is 0 Å². The van der Waals surface area contributed by atoms with Gasteiger partial charge in [-0.05, 0) is 31.9 Å². The van der Waals surface area contributed by atoms with Gasteiger partial charge in [-0.25, -0.2) is 5.01 Å². The number of nitrogens with zero attached hydrogens (tertiary/aromatic N) is 2. The van der Waals surface area contributed by atoms with E-state index < -0.39 is 0 Å². The lowest BCUT2D eigenvalue weighted by atomic mass is 9.71. The number of hydrogen-bond acceptors (Lipinski definition) is 3. The van der Waals surface area contributed by atoms with E-state index in [0.717, 1.165) is 29.2 Å². The molecule has 4 heteroatoms. The number of carbonyl (C=O) groups excluding carboxylic acids is 1. The largest absolute Gasteiger partial charge is 0.300 e. The Morgan fingerprint density at radius 1 is 1.21 bits per heavy atom. The number of para-hydroxylation sites is 1. The van der Waals surface area contributed by atoms with Crippen LogP contribution in [0.5, 0.6) is 0 Å². The molecule has 0 unspecified atom stereocenters. The second kappa shape index (κ2) is 4.53. The molecule has 1 aliphatic carbocycles. The Kier molecular flexibility index (Phi) is 2.97. The maximum absolute atomic E-state index is 11.5. The molecular weight excluding hydrogens is 256 g/mol. The van der Waals surface area contributed by atoms with Crippen LogP contribution in [0, 0.1) is 5.41 Å². The Bertz CT molecular complexity index is 555. The first-order chi connectivity index (χ1) is 9.13. The predicted molar refractivity (Wildman–Crippen MR) is 80.5 cm³/mol. The van der Waals surface area contributed by atoms with Crippen molar-refractivity contribution in [3.05, 3.63) is 30.3 Å². The van der Waals surface area contributed by atoms with Crippen molar-refractivity contribution in [1.82, 2.24) is 0 Å². The molecule has 0 amide bonds. The van der Waals surface area contributed by atoms with E-state index in [9.17, 15) is 4.79 Å². The molecule has 0 bridgehead atoms. The van der Waals surface area contributed by atoms with Crippen LogP contribution >= 0.6 is 12.2 Å². The summed E-state index contributed by atoms with van der Waals surface area (Å²) in [4.78, 5) is 12.3. The first-order valence-corrected chi connectivity index (χ1v) is 7.01. The molecule has 1 fully saturated rings. The minimum Gasteiger partial charge on any atom is -0.300 e. The minimum atomic E-state index is -0.168. The number of ketones is 1. The quantitative estimate of drug-likeness (QED) is 0.735. The highest BCUT2D eigenvalue weighted by molar-refractivity contribution is 7.80. The molecule has 3 rings (SSSR count). The summed E-state index contributed by atoms with van der Waals surface area (Å²) in [7, 11) is 0. The predicted octanol–water partition coefficient (Wildman–Crippen LogP) is 3.34. The van der Waals surface area contributed by atoms with Crippen molar-refractivity contribution in [2.75, 3.05) is 5.01 Å². The van der Waals surface area contributed by atoms with Crippen molar-refractivity contribution in [2.45, 2.75) is 32.6 Å². The Morgan fingerprint density at radius 3 is 2.47 bits per heavy atom.